The van der Waals surface area contributed by atoms with E-state index in [-0.39, 0.29) is 19.0 Å². The molecule has 0 bridgehead atoms. The number of imidazole rings is 1. The number of carbonyl (C=O) groups is 2. The molecule has 1 aliphatic heterocycles. The zero-order valence-corrected chi connectivity index (χ0v) is 9.37. The molecule has 88 valence electrons. The van der Waals surface area contributed by atoms with Crippen molar-refractivity contribution in [1.82, 2.24) is 20.2 Å². The molecule has 0 aliphatic carbocycles. The molecule has 1 saturated heterocycles. The van der Waals surface area contributed by atoms with Gasteiger partial charge in [-0.05, 0) is 0 Å². The van der Waals surface area contributed by atoms with Crippen LogP contribution in [-0.2, 0) is 17.4 Å². The Bertz CT molecular complexity index is 432. The number of nitrogens with zero attached hydrogens (tertiary/aromatic N) is 2. The van der Waals surface area contributed by atoms with Crippen molar-refractivity contribution in [3.8, 4) is 0 Å². The summed E-state index contributed by atoms with van der Waals surface area (Å²) < 4.78 is 1.65. The van der Waals surface area contributed by atoms with Gasteiger partial charge in [0, 0.05) is 26.0 Å². The lowest BCUT2D eigenvalue weighted by Gasteiger charge is -2.23. The average molecular weight is 246 g/mol. The molecule has 1 aliphatic rings. The number of hydrogen-bond acceptors (Lipinski definition) is 4. The van der Waals surface area contributed by atoms with E-state index in [0.29, 0.717) is 5.82 Å². The van der Waals surface area contributed by atoms with Crippen LogP contribution in [0.3, 0.4) is 0 Å². The SMILES string of the molecule is Cl.Cn1ccnc1[C@@]1(CN)NC(=O)NC1=O. The van der Waals surface area contributed by atoms with Crippen LogP contribution >= 0.6 is 12.4 Å². The van der Waals surface area contributed by atoms with E-state index in [4.69, 9.17) is 5.73 Å². The first-order valence-corrected chi connectivity index (χ1v) is 4.41. The fourth-order valence-corrected chi connectivity index (χ4v) is 1.66. The first-order chi connectivity index (χ1) is 7.10. The number of imide groups is 1. The smallest absolute Gasteiger partial charge is 0.322 e. The van der Waals surface area contributed by atoms with Crippen molar-refractivity contribution < 1.29 is 9.59 Å². The third kappa shape index (κ3) is 1.54. The fourth-order valence-electron chi connectivity index (χ4n) is 1.66. The highest BCUT2D eigenvalue weighted by Crippen LogP contribution is 2.21. The molecule has 0 aromatic carbocycles. The molecule has 2 rings (SSSR count). The highest BCUT2D eigenvalue weighted by Gasteiger charge is 2.49. The molecule has 4 N–H and O–H groups in total. The molecule has 2 heterocycles. The number of rotatable bonds is 2. The predicted molar refractivity (Wildman–Crippen MR) is 57.9 cm³/mol. The summed E-state index contributed by atoms with van der Waals surface area (Å²) in [6.07, 6.45) is 3.23. The maximum Gasteiger partial charge on any atom is 0.322 e. The topological polar surface area (TPSA) is 102 Å². The number of amides is 3. The number of halogens is 1. The summed E-state index contributed by atoms with van der Waals surface area (Å²) in [7, 11) is 1.73. The molecule has 3 amide bonds. The standard InChI is InChI=1S/C8H11N5O2.ClH/c1-13-3-2-10-5(13)8(4-9)6(14)11-7(15)12-8;/h2-3H,4,9H2,1H3,(H2,11,12,14,15);1H/t8-;/m1./s1. The van der Waals surface area contributed by atoms with Gasteiger partial charge in [-0.1, -0.05) is 0 Å². The van der Waals surface area contributed by atoms with E-state index in [0.717, 1.165) is 0 Å². The van der Waals surface area contributed by atoms with Crippen molar-refractivity contribution in [2.45, 2.75) is 5.54 Å². The van der Waals surface area contributed by atoms with Crippen molar-refractivity contribution in [2.24, 2.45) is 12.8 Å². The summed E-state index contributed by atoms with van der Waals surface area (Å²) in [6, 6.07) is -0.548. The van der Waals surface area contributed by atoms with Gasteiger partial charge in [-0.15, -0.1) is 12.4 Å². The van der Waals surface area contributed by atoms with Gasteiger partial charge in [-0.2, -0.15) is 0 Å². The first kappa shape index (κ1) is 12.5. The highest BCUT2D eigenvalue weighted by molar-refractivity contribution is 6.07. The van der Waals surface area contributed by atoms with Gasteiger partial charge >= 0.3 is 6.03 Å². The molecular weight excluding hydrogens is 234 g/mol. The molecule has 1 aromatic heterocycles. The molecule has 1 atom stereocenters. The van der Waals surface area contributed by atoms with Crippen molar-refractivity contribution in [3.63, 3.8) is 0 Å². The Balaban J connectivity index is 0.00000128. The third-order valence-corrected chi connectivity index (χ3v) is 2.45. The Morgan fingerprint density at radius 1 is 1.56 bits per heavy atom. The maximum absolute atomic E-state index is 11.7. The maximum atomic E-state index is 11.7. The Morgan fingerprint density at radius 3 is 2.62 bits per heavy atom. The van der Waals surface area contributed by atoms with E-state index < -0.39 is 17.5 Å². The third-order valence-electron chi connectivity index (χ3n) is 2.45. The molecular formula is C8H12ClN5O2. The molecule has 0 spiro atoms. The van der Waals surface area contributed by atoms with E-state index in [1.54, 1.807) is 24.0 Å². The van der Waals surface area contributed by atoms with Crippen LogP contribution < -0.4 is 16.4 Å². The Kier molecular flexibility index (Phi) is 3.20. The van der Waals surface area contributed by atoms with E-state index in [1.165, 1.54) is 0 Å². The summed E-state index contributed by atoms with van der Waals surface area (Å²) in [5.74, 6) is -0.0438. The van der Waals surface area contributed by atoms with Gasteiger partial charge < -0.3 is 15.6 Å². The van der Waals surface area contributed by atoms with Gasteiger partial charge in [0.25, 0.3) is 5.91 Å². The number of hydrogen-bond donors (Lipinski definition) is 3. The van der Waals surface area contributed by atoms with Crippen LogP contribution in [-0.4, -0.2) is 28.0 Å². The minimum absolute atomic E-state index is 0. The van der Waals surface area contributed by atoms with Gasteiger partial charge in [-0.25, -0.2) is 9.78 Å². The quantitative estimate of drug-likeness (QED) is 0.572. The average Bonchev–Trinajstić information content (AvgIpc) is 2.71. The lowest BCUT2D eigenvalue weighted by atomic mass is 9.99. The monoisotopic (exact) mass is 245 g/mol. The van der Waals surface area contributed by atoms with Gasteiger partial charge in [0.2, 0.25) is 0 Å². The molecule has 7 nitrogen and oxygen atoms in total. The second-order valence-corrected chi connectivity index (χ2v) is 3.38. The largest absolute Gasteiger partial charge is 0.336 e. The minimum Gasteiger partial charge on any atom is -0.336 e. The summed E-state index contributed by atoms with van der Waals surface area (Å²) in [4.78, 5) is 26.8. The number of nitrogens with one attached hydrogen (secondary N) is 2. The van der Waals surface area contributed by atoms with E-state index in [2.05, 4.69) is 15.6 Å². The number of aryl methyl sites for hydroxylation is 1. The minimum atomic E-state index is -1.24. The molecule has 0 unspecified atom stereocenters. The summed E-state index contributed by atoms with van der Waals surface area (Å²) in [6.45, 7) is -0.0323. The number of nitrogens with two attached hydrogens (primary N) is 1. The summed E-state index contributed by atoms with van der Waals surface area (Å²) >= 11 is 0. The number of carbonyl (C=O) groups excluding carboxylic acids is 2. The Labute approximate surface area is 97.8 Å². The zero-order valence-electron chi connectivity index (χ0n) is 8.56. The molecule has 8 heteroatoms. The van der Waals surface area contributed by atoms with Crippen LogP contribution in [0.5, 0.6) is 0 Å². The van der Waals surface area contributed by atoms with Crippen LogP contribution in [0, 0.1) is 0 Å². The second kappa shape index (κ2) is 4.11. The van der Waals surface area contributed by atoms with Crippen LogP contribution in [0.15, 0.2) is 12.4 Å². The molecule has 1 aromatic rings. The zero-order chi connectivity index (χ0) is 11.1. The van der Waals surface area contributed by atoms with E-state index >= 15 is 0 Å². The van der Waals surface area contributed by atoms with Gasteiger partial charge in [0.05, 0.1) is 0 Å². The van der Waals surface area contributed by atoms with Crippen molar-refractivity contribution in [1.29, 1.82) is 0 Å². The number of aromatic nitrogens is 2. The van der Waals surface area contributed by atoms with Crippen molar-refractivity contribution in [3.05, 3.63) is 18.2 Å². The van der Waals surface area contributed by atoms with Crippen molar-refractivity contribution >= 4 is 24.3 Å². The van der Waals surface area contributed by atoms with E-state index in [1.807, 2.05) is 0 Å². The van der Waals surface area contributed by atoms with Crippen LogP contribution in [0.1, 0.15) is 5.82 Å². The Hall–Kier alpha value is -1.60. The lowest BCUT2D eigenvalue weighted by Crippen LogP contribution is -2.51. The second-order valence-electron chi connectivity index (χ2n) is 3.38. The van der Waals surface area contributed by atoms with Crippen LogP contribution in [0.25, 0.3) is 0 Å². The normalized spacial score (nSPS) is 23.6. The molecule has 16 heavy (non-hydrogen) atoms. The van der Waals surface area contributed by atoms with Gasteiger partial charge in [0.1, 0.15) is 5.82 Å². The Morgan fingerprint density at radius 2 is 2.25 bits per heavy atom. The van der Waals surface area contributed by atoms with Gasteiger partial charge in [0.15, 0.2) is 5.54 Å². The van der Waals surface area contributed by atoms with Crippen LogP contribution in [0.4, 0.5) is 4.79 Å². The molecule has 1 fully saturated rings. The van der Waals surface area contributed by atoms with E-state index in [9.17, 15) is 9.59 Å². The van der Waals surface area contributed by atoms with Crippen LogP contribution in [0.2, 0.25) is 0 Å². The summed E-state index contributed by atoms with van der Waals surface area (Å²) in [5.41, 5.74) is 4.31. The fraction of sp³-hybridized carbons (Fsp3) is 0.375. The van der Waals surface area contributed by atoms with Gasteiger partial charge in [-0.3, -0.25) is 10.1 Å². The summed E-state index contributed by atoms with van der Waals surface area (Å²) in [5, 5.41) is 4.65. The first-order valence-electron chi connectivity index (χ1n) is 4.41. The number of urea groups is 1. The predicted octanol–water partition coefficient (Wildman–Crippen LogP) is -1.16. The van der Waals surface area contributed by atoms with Crippen molar-refractivity contribution in [2.75, 3.05) is 6.54 Å². The lowest BCUT2D eigenvalue weighted by molar-refractivity contribution is -0.124. The molecule has 0 saturated carbocycles. The molecule has 0 radical (unpaired) electrons. The highest BCUT2D eigenvalue weighted by atomic mass is 35.5.